The molecule has 1 aliphatic heterocycles. The highest BCUT2D eigenvalue weighted by Crippen LogP contribution is 2.17. The Balaban J connectivity index is 2.65. The Labute approximate surface area is 169 Å². The first kappa shape index (κ1) is 24.3. The molecule has 0 radical (unpaired) electrons. The van der Waals surface area contributed by atoms with E-state index in [1.165, 1.54) is 11.8 Å². The number of nitrogens with two attached hydrogens (primary N) is 1. The third-order valence-corrected chi connectivity index (χ3v) is 4.46. The second kappa shape index (κ2) is 11.3. The van der Waals surface area contributed by atoms with Crippen molar-refractivity contribution < 1.29 is 29.1 Å². The van der Waals surface area contributed by atoms with Gasteiger partial charge in [0.25, 0.3) is 0 Å². The number of amides is 4. The van der Waals surface area contributed by atoms with E-state index in [9.17, 15) is 24.0 Å². The van der Waals surface area contributed by atoms with E-state index in [0.29, 0.717) is 25.8 Å². The summed E-state index contributed by atoms with van der Waals surface area (Å²) in [5.74, 6) is -3.01. The van der Waals surface area contributed by atoms with Gasteiger partial charge in [0.1, 0.15) is 18.6 Å². The second-order valence-corrected chi connectivity index (χ2v) is 7.55. The number of aliphatic carboxylic acids is 1. The zero-order valence-corrected chi connectivity index (χ0v) is 17.1. The molecule has 6 N–H and O–H groups in total. The van der Waals surface area contributed by atoms with Crippen molar-refractivity contribution in [2.75, 3.05) is 19.6 Å². The van der Waals surface area contributed by atoms with Gasteiger partial charge in [0.15, 0.2) is 0 Å². The van der Waals surface area contributed by atoms with E-state index in [1.807, 2.05) is 13.8 Å². The highest BCUT2D eigenvalue weighted by atomic mass is 16.4. The molecule has 0 aromatic rings. The summed E-state index contributed by atoms with van der Waals surface area (Å²) in [7, 11) is 0. The molecule has 0 aromatic carbocycles. The van der Waals surface area contributed by atoms with Crippen LogP contribution in [0.15, 0.2) is 0 Å². The van der Waals surface area contributed by atoms with Crippen LogP contribution in [0.5, 0.6) is 0 Å². The summed E-state index contributed by atoms with van der Waals surface area (Å²) < 4.78 is 0. The van der Waals surface area contributed by atoms with Crippen LogP contribution < -0.4 is 21.7 Å². The van der Waals surface area contributed by atoms with E-state index in [0.717, 1.165) is 0 Å². The van der Waals surface area contributed by atoms with Crippen molar-refractivity contribution in [1.82, 2.24) is 20.9 Å². The number of rotatable bonds is 10. The molecular weight excluding hydrogens is 382 g/mol. The highest BCUT2D eigenvalue weighted by molar-refractivity contribution is 5.93. The first-order valence-corrected chi connectivity index (χ1v) is 9.65. The number of carbonyl (C=O) groups excluding carboxylic acids is 4. The lowest BCUT2D eigenvalue weighted by Crippen LogP contribution is -2.54. The predicted molar refractivity (Wildman–Crippen MR) is 103 cm³/mol. The Hall–Kier alpha value is -2.69. The average Bonchev–Trinajstić information content (AvgIpc) is 3.12. The number of likely N-dealkylation sites (tertiary alicyclic amines) is 1. The smallest absolute Gasteiger partial charge is 0.322 e. The number of carbonyl (C=O) groups is 5. The van der Waals surface area contributed by atoms with E-state index in [4.69, 9.17) is 10.8 Å². The van der Waals surface area contributed by atoms with Gasteiger partial charge in [0.2, 0.25) is 23.6 Å². The number of nitrogens with one attached hydrogen (secondary N) is 3. The minimum absolute atomic E-state index is 0.121. The van der Waals surface area contributed by atoms with E-state index in [1.54, 1.807) is 0 Å². The van der Waals surface area contributed by atoms with Gasteiger partial charge in [-0.25, -0.2) is 0 Å². The third kappa shape index (κ3) is 8.06. The van der Waals surface area contributed by atoms with E-state index >= 15 is 0 Å². The maximum Gasteiger partial charge on any atom is 0.322 e. The maximum atomic E-state index is 12.5. The Kier molecular flexibility index (Phi) is 9.53. The van der Waals surface area contributed by atoms with E-state index < -0.39 is 54.3 Å². The van der Waals surface area contributed by atoms with Gasteiger partial charge in [-0.3, -0.25) is 24.0 Å². The molecule has 164 valence electrons. The summed E-state index contributed by atoms with van der Waals surface area (Å²) in [4.78, 5) is 60.8. The predicted octanol–water partition coefficient (Wildman–Crippen LogP) is -1.83. The van der Waals surface area contributed by atoms with Crippen LogP contribution >= 0.6 is 0 Å². The number of carboxylic acid groups (broad SMARTS) is 1. The standard InChI is InChI=1S/C18H31N5O6/c1-10(2)7-12(22-16(27)11(3)19)17(28)20-8-14(24)23-6-4-5-13(23)18(29)21-9-15(25)26/h10-13H,4-9,19H2,1-3H3,(H,20,28)(H,21,29)(H,22,27)(H,25,26)/t11-,12-,13-/m0/s1. The van der Waals surface area contributed by atoms with Gasteiger partial charge in [-0.15, -0.1) is 0 Å². The van der Waals surface area contributed by atoms with Crippen LogP contribution in [-0.2, 0) is 24.0 Å². The lowest BCUT2D eigenvalue weighted by molar-refractivity contribution is -0.141. The monoisotopic (exact) mass is 413 g/mol. The highest BCUT2D eigenvalue weighted by Gasteiger charge is 2.34. The molecule has 1 aliphatic rings. The summed E-state index contributed by atoms with van der Waals surface area (Å²) in [6, 6.07) is -2.36. The molecule has 1 fully saturated rings. The molecule has 0 bridgehead atoms. The van der Waals surface area contributed by atoms with Crippen LogP contribution in [0, 0.1) is 5.92 Å². The Morgan fingerprint density at radius 3 is 2.28 bits per heavy atom. The van der Waals surface area contributed by atoms with Crippen molar-refractivity contribution in [3.05, 3.63) is 0 Å². The summed E-state index contributed by atoms with van der Waals surface area (Å²) in [5, 5.41) is 16.0. The van der Waals surface area contributed by atoms with Gasteiger partial charge in [0, 0.05) is 6.54 Å². The van der Waals surface area contributed by atoms with Crippen molar-refractivity contribution in [2.24, 2.45) is 11.7 Å². The Morgan fingerprint density at radius 1 is 1.07 bits per heavy atom. The van der Waals surface area contributed by atoms with Crippen LogP contribution in [0.4, 0.5) is 0 Å². The zero-order chi connectivity index (χ0) is 22.1. The largest absolute Gasteiger partial charge is 0.480 e. The molecule has 4 amide bonds. The van der Waals surface area contributed by atoms with Gasteiger partial charge in [-0.2, -0.15) is 0 Å². The van der Waals surface area contributed by atoms with Crippen LogP contribution in [0.1, 0.15) is 40.0 Å². The summed E-state index contributed by atoms with van der Waals surface area (Å²) in [6.45, 7) is 4.79. The molecule has 3 atom stereocenters. The van der Waals surface area contributed by atoms with Crippen LogP contribution in [0.2, 0.25) is 0 Å². The molecule has 11 heteroatoms. The fourth-order valence-corrected chi connectivity index (χ4v) is 3.01. The zero-order valence-electron chi connectivity index (χ0n) is 17.1. The summed E-state index contributed by atoms with van der Waals surface area (Å²) >= 11 is 0. The molecule has 1 heterocycles. The van der Waals surface area contributed by atoms with Crippen molar-refractivity contribution in [3.8, 4) is 0 Å². The number of carboxylic acids is 1. The molecular formula is C18H31N5O6. The second-order valence-electron chi connectivity index (χ2n) is 7.55. The van der Waals surface area contributed by atoms with Crippen LogP contribution in [-0.4, -0.2) is 77.4 Å². The van der Waals surface area contributed by atoms with Crippen molar-refractivity contribution in [3.63, 3.8) is 0 Å². The molecule has 0 unspecified atom stereocenters. The quantitative estimate of drug-likeness (QED) is 0.280. The average molecular weight is 413 g/mol. The molecule has 0 spiro atoms. The van der Waals surface area contributed by atoms with E-state index in [2.05, 4.69) is 16.0 Å². The van der Waals surface area contributed by atoms with Gasteiger partial charge >= 0.3 is 5.97 Å². The molecule has 1 saturated heterocycles. The lowest BCUT2D eigenvalue weighted by atomic mass is 10.0. The molecule has 0 saturated carbocycles. The first-order valence-electron chi connectivity index (χ1n) is 9.65. The topological polar surface area (TPSA) is 171 Å². The third-order valence-electron chi connectivity index (χ3n) is 4.46. The lowest BCUT2D eigenvalue weighted by Gasteiger charge is -2.25. The summed E-state index contributed by atoms with van der Waals surface area (Å²) in [5.41, 5.74) is 5.53. The number of hydrogen-bond acceptors (Lipinski definition) is 6. The fraction of sp³-hybridized carbons (Fsp3) is 0.722. The van der Waals surface area contributed by atoms with Crippen molar-refractivity contribution in [1.29, 1.82) is 0 Å². The Morgan fingerprint density at radius 2 is 1.72 bits per heavy atom. The van der Waals surface area contributed by atoms with Crippen LogP contribution in [0.3, 0.4) is 0 Å². The molecule has 29 heavy (non-hydrogen) atoms. The van der Waals surface area contributed by atoms with Gasteiger partial charge < -0.3 is 31.7 Å². The van der Waals surface area contributed by atoms with Crippen LogP contribution in [0.25, 0.3) is 0 Å². The normalized spacial score (nSPS) is 18.1. The minimum Gasteiger partial charge on any atom is -0.480 e. The maximum absolute atomic E-state index is 12.5. The van der Waals surface area contributed by atoms with Crippen molar-refractivity contribution in [2.45, 2.75) is 58.2 Å². The molecule has 0 aromatic heterocycles. The molecule has 1 rings (SSSR count). The number of hydrogen-bond donors (Lipinski definition) is 5. The Bertz CT molecular complexity index is 636. The minimum atomic E-state index is -1.17. The molecule has 11 nitrogen and oxygen atoms in total. The number of nitrogens with zero attached hydrogens (tertiary/aromatic N) is 1. The molecule has 0 aliphatic carbocycles. The van der Waals surface area contributed by atoms with Gasteiger partial charge in [-0.1, -0.05) is 13.8 Å². The fourth-order valence-electron chi connectivity index (χ4n) is 3.01. The SMILES string of the molecule is CC(C)C[C@H](NC(=O)[C@H](C)N)C(=O)NCC(=O)N1CCC[C@H]1C(=O)NCC(=O)O. The van der Waals surface area contributed by atoms with Crippen molar-refractivity contribution >= 4 is 29.6 Å². The van der Waals surface area contributed by atoms with Gasteiger partial charge in [-0.05, 0) is 32.1 Å². The summed E-state index contributed by atoms with van der Waals surface area (Å²) in [6.07, 6.45) is 1.40. The first-order chi connectivity index (χ1) is 13.5. The van der Waals surface area contributed by atoms with E-state index in [-0.39, 0.29) is 12.5 Å². The van der Waals surface area contributed by atoms with Gasteiger partial charge in [0.05, 0.1) is 12.6 Å².